The molecule has 1 aromatic rings. The Bertz CT molecular complexity index is 310. The van der Waals surface area contributed by atoms with Gasteiger partial charge in [0.2, 0.25) is 0 Å². The summed E-state index contributed by atoms with van der Waals surface area (Å²) in [6, 6.07) is 4.75. The topological polar surface area (TPSA) is 42.2 Å². The summed E-state index contributed by atoms with van der Waals surface area (Å²) in [5, 5.41) is 0. The largest absolute Gasteiger partial charge is 0.325 e. The van der Waals surface area contributed by atoms with E-state index in [0.717, 1.165) is 18.8 Å². The van der Waals surface area contributed by atoms with Gasteiger partial charge in [0.05, 0.1) is 5.69 Å². The van der Waals surface area contributed by atoms with Crippen molar-refractivity contribution in [2.45, 2.75) is 46.3 Å². The van der Waals surface area contributed by atoms with Crippen LogP contribution in [-0.2, 0) is 13.1 Å². The first-order chi connectivity index (χ1) is 7.67. The monoisotopic (exact) mass is 221 g/mol. The van der Waals surface area contributed by atoms with Gasteiger partial charge in [0, 0.05) is 25.3 Å². The predicted molar refractivity (Wildman–Crippen MR) is 68.0 cm³/mol. The molecule has 1 rings (SSSR count). The zero-order valence-corrected chi connectivity index (χ0v) is 10.6. The van der Waals surface area contributed by atoms with Crippen LogP contribution in [0, 0.1) is 0 Å². The molecule has 2 N–H and O–H groups in total. The Morgan fingerprint density at radius 2 is 2.19 bits per heavy atom. The van der Waals surface area contributed by atoms with Gasteiger partial charge < -0.3 is 5.73 Å². The van der Waals surface area contributed by atoms with Gasteiger partial charge in [-0.25, -0.2) is 0 Å². The molecule has 90 valence electrons. The third-order valence-electron chi connectivity index (χ3n) is 2.72. The number of hydrogen-bond acceptors (Lipinski definition) is 3. The quantitative estimate of drug-likeness (QED) is 0.800. The molecular weight excluding hydrogens is 198 g/mol. The van der Waals surface area contributed by atoms with Crippen molar-refractivity contribution in [1.82, 2.24) is 9.88 Å². The Hall–Kier alpha value is -0.930. The van der Waals surface area contributed by atoms with Crippen molar-refractivity contribution in [3.63, 3.8) is 0 Å². The second kappa shape index (κ2) is 6.61. The van der Waals surface area contributed by atoms with Gasteiger partial charge >= 0.3 is 0 Å². The van der Waals surface area contributed by atoms with Crippen LogP contribution in [0.5, 0.6) is 0 Å². The minimum absolute atomic E-state index is 0.517. The van der Waals surface area contributed by atoms with Crippen molar-refractivity contribution in [3.05, 3.63) is 29.6 Å². The van der Waals surface area contributed by atoms with E-state index in [9.17, 15) is 0 Å². The van der Waals surface area contributed by atoms with Crippen molar-refractivity contribution >= 4 is 0 Å². The molecule has 0 amide bonds. The summed E-state index contributed by atoms with van der Waals surface area (Å²) in [5.41, 5.74) is 7.87. The van der Waals surface area contributed by atoms with E-state index in [4.69, 9.17) is 5.73 Å². The lowest BCUT2D eigenvalue weighted by atomic mass is 10.2. The van der Waals surface area contributed by atoms with Crippen LogP contribution in [0.25, 0.3) is 0 Å². The molecule has 16 heavy (non-hydrogen) atoms. The smallest absolute Gasteiger partial charge is 0.0542 e. The lowest BCUT2D eigenvalue weighted by Crippen LogP contribution is -2.31. The van der Waals surface area contributed by atoms with E-state index in [2.05, 4.69) is 42.8 Å². The Balaban J connectivity index is 2.68. The zero-order valence-electron chi connectivity index (χ0n) is 10.6. The van der Waals surface area contributed by atoms with Crippen LogP contribution in [0.4, 0.5) is 0 Å². The first kappa shape index (κ1) is 13.1. The maximum Gasteiger partial charge on any atom is 0.0542 e. The van der Waals surface area contributed by atoms with Crippen LogP contribution in [0.3, 0.4) is 0 Å². The van der Waals surface area contributed by atoms with Crippen LogP contribution < -0.4 is 5.73 Å². The molecule has 0 saturated heterocycles. The van der Waals surface area contributed by atoms with Gasteiger partial charge in [-0.3, -0.25) is 9.88 Å². The fourth-order valence-electron chi connectivity index (χ4n) is 1.78. The number of nitrogens with two attached hydrogens (primary N) is 1. The molecule has 0 saturated carbocycles. The molecule has 1 heterocycles. The zero-order chi connectivity index (χ0) is 12.0. The maximum absolute atomic E-state index is 5.59. The Morgan fingerprint density at radius 1 is 1.44 bits per heavy atom. The molecular formula is C13H23N3. The fraction of sp³-hybridized carbons (Fsp3) is 0.615. The van der Waals surface area contributed by atoms with Gasteiger partial charge in [0.1, 0.15) is 0 Å². The Morgan fingerprint density at radius 3 is 2.75 bits per heavy atom. The average Bonchev–Trinajstić information content (AvgIpc) is 2.28. The maximum atomic E-state index is 5.59. The van der Waals surface area contributed by atoms with Crippen LogP contribution in [0.1, 0.15) is 38.4 Å². The van der Waals surface area contributed by atoms with E-state index in [1.165, 1.54) is 12.0 Å². The highest BCUT2D eigenvalue weighted by molar-refractivity contribution is 5.16. The van der Waals surface area contributed by atoms with E-state index in [1.54, 1.807) is 0 Å². The fourth-order valence-corrected chi connectivity index (χ4v) is 1.78. The van der Waals surface area contributed by atoms with E-state index in [-0.39, 0.29) is 0 Å². The molecule has 0 radical (unpaired) electrons. The predicted octanol–water partition coefficient (Wildman–Crippen LogP) is 2.16. The second-order valence-corrected chi connectivity index (χ2v) is 4.42. The number of aromatic nitrogens is 1. The highest BCUT2D eigenvalue weighted by atomic mass is 15.1. The normalized spacial score (nSPS) is 11.4. The molecule has 0 aliphatic heterocycles. The Kier molecular flexibility index (Phi) is 5.43. The van der Waals surface area contributed by atoms with Crippen molar-refractivity contribution < 1.29 is 0 Å². The van der Waals surface area contributed by atoms with Gasteiger partial charge in [0.25, 0.3) is 0 Å². The van der Waals surface area contributed by atoms with Crippen LogP contribution in [0.2, 0.25) is 0 Å². The van der Waals surface area contributed by atoms with Crippen LogP contribution in [0.15, 0.2) is 18.3 Å². The third kappa shape index (κ3) is 3.91. The summed E-state index contributed by atoms with van der Waals surface area (Å²) < 4.78 is 0. The van der Waals surface area contributed by atoms with Crippen molar-refractivity contribution in [1.29, 1.82) is 0 Å². The average molecular weight is 221 g/mol. The first-order valence-corrected chi connectivity index (χ1v) is 6.05. The minimum atomic E-state index is 0.517. The van der Waals surface area contributed by atoms with E-state index >= 15 is 0 Å². The summed E-state index contributed by atoms with van der Waals surface area (Å²) in [6.45, 7) is 9.33. The van der Waals surface area contributed by atoms with Crippen molar-refractivity contribution in [3.8, 4) is 0 Å². The molecule has 0 aliphatic rings. The number of rotatable bonds is 6. The minimum Gasteiger partial charge on any atom is -0.325 e. The molecule has 0 unspecified atom stereocenters. The molecule has 3 heteroatoms. The third-order valence-corrected chi connectivity index (χ3v) is 2.72. The van der Waals surface area contributed by atoms with Gasteiger partial charge in [-0.05, 0) is 44.5 Å². The highest BCUT2D eigenvalue weighted by Gasteiger charge is 2.09. The van der Waals surface area contributed by atoms with Gasteiger partial charge in [-0.15, -0.1) is 0 Å². The van der Waals surface area contributed by atoms with E-state index < -0.39 is 0 Å². The van der Waals surface area contributed by atoms with Gasteiger partial charge in [0.15, 0.2) is 0 Å². The van der Waals surface area contributed by atoms with E-state index in [1.807, 2.05) is 6.20 Å². The summed E-state index contributed by atoms with van der Waals surface area (Å²) in [6.07, 6.45) is 3.04. The van der Waals surface area contributed by atoms with Crippen LogP contribution in [-0.4, -0.2) is 22.5 Å². The summed E-state index contributed by atoms with van der Waals surface area (Å²) in [5.74, 6) is 0. The summed E-state index contributed by atoms with van der Waals surface area (Å²) in [7, 11) is 0. The number of hydrogen-bond donors (Lipinski definition) is 1. The number of nitrogens with zero attached hydrogens (tertiary/aromatic N) is 2. The highest BCUT2D eigenvalue weighted by Crippen LogP contribution is 2.09. The molecule has 3 nitrogen and oxygen atoms in total. The van der Waals surface area contributed by atoms with Crippen molar-refractivity contribution in [2.24, 2.45) is 5.73 Å². The molecule has 0 aliphatic carbocycles. The second-order valence-electron chi connectivity index (χ2n) is 4.42. The van der Waals surface area contributed by atoms with E-state index in [0.29, 0.717) is 12.6 Å². The molecule has 0 aromatic carbocycles. The summed E-state index contributed by atoms with van der Waals surface area (Å²) in [4.78, 5) is 6.68. The number of pyridine rings is 1. The van der Waals surface area contributed by atoms with Crippen molar-refractivity contribution in [2.75, 3.05) is 6.54 Å². The van der Waals surface area contributed by atoms with Crippen LogP contribution >= 0.6 is 0 Å². The van der Waals surface area contributed by atoms with Gasteiger partial charge in [-0.2, -0.15) is 0 Å². The Labute approximate surface area is 98.7 Å². The van der Waals surface area contributed by atoms with Gasteiger partial charge in [-0.1, -0.05) is 6.92 Å². The first-order valence-electron chi connectivity index (χ1n) is 6.05. The molecule has 0 fully saturated rings. The molecule has 0 bridgehead atoms. The SMILES string of the molecule is CCCN(Cc1ccnc(CN)c1)C(C)C. The molecule has 0 atom stereocenters. The lowest BCUT2D eigenvalue weighted by Gasteiger charge is -2.26. The molecule has 1 aromatic heterocycles. The summed E-state index contributed by atoms with van der Waals surface area (Å²) >= 11 is 0. The molecule has 0 spiro atoms. The standard InChI is InChI=1S/C13H23N3/c1-4-7-16(11(2)3)10-12-5-6-15-13(8-12)9-14/h5-6,8,11H,4,7,9-10,14H2,1-3H3. The lowest BCUT2D eigenvalue weighted by molar-refractivity contribution is 0.213.